The molecule has 0 spiro atoms. The Morgan fingerprint density at radius 2 is 2.00 bits per heavy atom. The third-order valence-electron chi connectivity index (χ3n) is 4.85. The van der Waals surface area contributed by atoms with Crippen LogP contribution in [0.4, 0.5) is 0 Å². The largest absolute Gasteiger partial charge is 0.497 e. The van der Waals surface area contributed by atoms with Gasteiger partial charge in [0.15, 0.2) is 5.82 Å². The lowest BCUT2D eigenvalue weighted by Gasteiger charge is -2.36. The molecule has 6 nitrogen and oxygen atoms in total. The van der Waals surface area contributed by atoms with Crippen LogP contribution in [0.1, 0.15) is 34.4 Å². The molecule has 0 saturated carbocycles. The second-order valence-corrected chi connectivity index (χ2v) is 6.48. The average Bonchev–Trinajstić information content (AvgIpc) is 3.15. The highest BCUT2D eigenvalue weighted by atomic mass is 35.5. The second-order valence-electron chi connectivity index (χ2n) is 6.48. The topological polar surface area (TPSA) is 77.4 Å². The number of fused-ring (bicyclic) bond motifs is 1. The first-order valence-corrected chi connectivity index (χ1v) is 8.73. The Kier molecular flexibility index (Phi) is 6.11. The lowest BCUT2D eigenvalue weighted by Crippen LogP contribution is -2.34. The number of ether oxygens (including phenoxy) is 1. The van der Waals surface area contributed by atoms with Gasteiger partial charge in [-0.05, 0) is 35.2 Å². The summed E-state index contributed by atoms with van der Waals surface area (Å²) in [5.74, 6) is 2.01. The van der Waals surface area contributed by atoms with E-state index < -0.39 is 0 Å². The Balaban J connectivity index is 0.00000210. The van der Waals surface area contributed by atoms with E-state index in [0.717, 1.165) is 18.7 Å². The maximum atomic E-state index is 5.59. The van der Waals surface area contributed by atoms with Gasteiger partial charge in [0.05, 0.1) is 20.2 Å². The molecule has 2 heterocycles. The van der Waals surface area contributed by atoms with E-state index >= 15 is 0 Å². The third kappa shape index (κ3) is 4.13. The SMILES string of the molecule is COc1ccc2c(c1)CN(Cc1noc(CN)n1)C(c1ccccc1)C2.Cl. The molecular weight excluding hydrogens is 364 g/mol. The van der Waals surface area contributed by atoms with Gasteiger partial charge in [-0.2, -0.15) is 4.98 Å². The van der Waals surface area contributed by atoms with E-state index in [2.05, 4.69) is 51.4 Å². The number of methoxy groups -OCH3 is 1. The highest BCUT2D eigenvalue weighted by Crippen LogP contribution is 2.35. The summed E-state index contributed by atoms with van der Waals surface area (Å²) in [5, 5.41) is 4.07. The van der Waals surface area contributed by atoms with E-state index in [9.17, 15) is 0 Å². The predicted octanol–water partition coefficient (Wildman–Crippen LogP) is 3.26. The van der Waals surface area contributed by atoms with Crippen molar-refractivity contribution < 1.29 is 9.26 Å². The standard InChI is InChI=1S/C20H22N4O2.ClH/c1-25-17-8-7-15-10-18(14-5-3-2-4-6-14)24(12-16(15)9-17)13-19-22-20(11-21)26-23-19;/h2-9,18H,10-13,21H2,1H3;1H. The number of hydrogen-bond acceptors (Lipinski definition) is 6. The minimum absolute atomic E-state index is 0. The van der Waals surface area contributed by atoms with Crippen molar-refractivity contribution in [2.24, 2.45) is 5.73 Å². The Morgan fingerprint density at radius 3 is 2.70 bits per heavy atom. The molecule has 2 N–H and O–H groups in total. The number of aromatic nitrogens is 2. The van der Waals surface area contributed by atoms with Gasteiger partial charge in [-0.3, -0.25) is 4.90 Å². The number of hydrogen-bond donors (Lipinski definition) is 1. The van der Waals surface area contributed by atoms with E-state index in [0.29, 0.717) is 18.3 Å². The summed E-state index contributed by atoms with van der Waals surface area (Å²) in [7, 11) is 1.70. The normalized spacial score (nSPS) is 16.4. The molecule has 0 bridgehead atoms. The summed E-state index contributed by atoms with van der Waals surface area (Å²) in [6.45, 7) is 1.67. The second kappa shape index (κ2) is 8.52. The fourth-order valence-corrected chi connectivity index (χ4v) is 3.53. The van der Waals surface area contributed by atoms with Crippen molar-refractivity contribution in [2.45, 2.75) is 32.1 Å². The van der Waals surface area contributed by atoms with Crippen LogP contribution >= 0.6 is 12.4 Å². The molecule has 7 heteroatoms. The summed E-state index contributed by atoms with van der Waals surface area (Å²) >= 11 is 0. The van der Waals surface area contributed by atoms with E-state index in [1.165, 1.54) is 16.7 Å². The monoisotopic (exact) mass is 386 g/mol. The van der Waals surface area contributed by atoms with Crippen molar-refractivity contribution in [1.29, 1.82) is 0 Å². The highest BCUT2D eigenvalue weighted by molar-refractivity contribution is 5.85. The number of rotatable bonds is 5. The third-order valence-corrected chi connectivity index (χ3v) is 4.85. The molecule has 0 radical (unpaired) electrons. The zero-order valence-electron chi connectivity index (χ0n) is 15.2. The van der Waals surface area contributed by atoms with Crippen LogP contribution in [0.25, 0.3) is 0 Å². The molecule has 1 atom stereocenters. The van der Waals surface area contributed by atoms with E-state index in [1.807, 2.05) is 12.1 Å². The quantitative estimate of drug-likeness (QED) is 0.725. The van der Waals surface area contributed by atoms with Crippen molar-refractivity contribution in [3.8, 4) is 5.75 Å². The van der Waals surface area contributed by atoms with Crippen LogP contribution in [-0.4, -0.2) is 22.2 Å². The lowest BCUT2D eigenvalue weighted by molar-refractivity contribution is 0.156. The van der Waals surface area contributed by atoms with Crippen molar-refractivity contribution in [2.75, 3.05) is 7.11 Å². The van der Waals surface area contributed by atoms with E-state index in [4.69, 9.17) is 15.0 Å². The fraction of sp³-hybridized carbons (Fsp3) is 0.300. The molecule has 3 aromatic rings. The average molecular weight is 387 g/mol. The van der Waals surface area contributed by atoms with E-state index in [-0.39, 0.29) is 25.0 Å². The van der Waals surface area contributed by atoms with Crippen LogP contribution < -0.4 is 10.5 Å². The Hall–Kier alpha value is -2.41. The van der Waals surface area contributed by atoms with Crippen LogP contribution in [0.15, 0.2) is 53.1 Å². The summed E-state index contributed by atoms with van der Waals surface area (Å²) in [6, 6.07) is 17.1. The van der Waals surface area contributed by atoms with Gasteiger partial charge >= 0.3 is 0 Å². The van der Waals surface area contributed by atoms with Gasteiger partial charge in [0.2, 0.25) is 5.89 Å². The molecule has 1 aliphatic heterocycles. The molecule has 4 rings (SSSR count). The Labute approximate surface area is 164 Å². The van der Waals surface area contributed by atoms with Crippen molar-refractivity contribution in [1.82, 2.24) is 15.0 Å². The van der Waals surface area contributed by atoms with Gasteiger partial charge in [-0.15, -0.1) is 12.4 Å². The minimum atomic E-state index is 0. The molecule has 27 heavy (non-hydrogen) atoms. The van der Waals surface area contributed by atoms with Crippen LogP contribution in [0.3, 0.4) is 0 Å². The van der Waals surface area contributed by atoms with Gasteiger partial charge < -0.3 is 15.0 Å². The maximum absolute atomic E-state index is 5.59. The lowest BCUT2D eigenvalue weighted by atomic mass is 9.89. The van der Waals surface area contributed by atoms with Gasteiger partial charge in [-0.25, -0.2) is 0 Å². The van der Waals surface area contributed by atoms with Gasteiger partial charge in [-0.1, -0.05) is 41.6 Å². The van der Waals surface area contributed by atoms with Gasteiger partial charge in [0.1, 0.15) is 5.75 Å². The van der Waals surface area contributed by atoms with E-state index in [1.54, 1.807) is 7.11 Å². The molecule has 1 aromatic heterocycles. The van der Waals surface area contributed by atoms with Crippen LogP contribution in [0.5, 0.6) is 5.75 Å². The van der Waals surface area contributed by atoms with Crippen LogP contribution in [-0.2, 0) is 26.1 Å². The first-order valence-electron chi connectivity index (χ1n) is 8.73. The Morgan fingerprint density at radius 1 is 1.19 bits per heavy atom. The molecule has 2 aromatic carbocycles. The molecule has 0 amide bonds. The summed E-state index contributed by atoms with van der Waals surface area (Å²) in [5.41, 5.74) is 9.50. The molecule has 142 valence electrons. The van der Waals surface area contributed by atoms with Gasteiger partial charge in [0.25, 0.3) is 0 Å². The smallest absolute Gasteiger partial charge is 0.240 e. The first kappa shape index (κ1) is 19.4. The highest BCUT2D eigenvalue weighted by Gasteiger charge is 2.28. The van der Waals surface area contributed by atoms with Gasteiger partial charge in [0, 0.05) is 12.6 Å². The molecule has 1 unspecified atom stereocenters. The number of benzene rings is 2. The predicted molar refractivity (Wildman–Crippen MR) is 105 cm³/mol. The molecular formula is C20H23ClN4O2. The van der Waals surface area contributed by atoms with Crippen molar-refractivity contribution >= 4 is 12.4 Å². The fourth-order valence-electron chi connectivity index (χ4n) is 3.53. The molecule has 0 aliphatic carbocycles. The zero-order chi connectivity index (χ0) is 17.9. The maximum Gasteiger partial charge on any atom is 0.240 e. The van der Waals surface area contributed by atoms with Crippen LogP contribution in [0.2, 0.25) is 0 Å². The van der Waals surface area contributed by atoms with Crippen molar-refractivity contribution in [3.63, 3.8) is 0 Å². The molecule has 1 aliphatic rings. The Bertz CT molecular complexity index is 885. The summed E-state index contributed by atoms with van der Waals surface area (Å²) < 4.78 is 10.6. The molecule has 0 fully saturated rings. The number of nitrogens with two attached hydrogens (primary N) is 1. The molecule has 0 saturated heterocycles. The first-order chi connectivity index (χ1) is 12.8. The van der Waals surface area contributed by atoms with Crippen LogP contribution in [0, 0.1) is 0 Å². The number of halogens is 1. The summed E-state index contributed by atoms with van der Waals surface area (Å²) in [6.07, 6.45) is 0.935. The van der Waals surface area contributed by atoms with Crippen molar-refractivity contribution in [3.05, 3.63) is 76.9 Å². The minimum Gasteiger partial charge on any atom is -0.497 e. The number of nitrogens with zero attached hydrogens (tertiary/aromatic N) is 3. The zero-order valence-corrected chi connectivity index (χ0v) is 16.0. The summed E-state index contributed by atoms with van der Waals surface area (Å²) in [4.78, 5) is 6.75.